The van der Waals surface area contributed by atoms with Crippen molar-refractivity contribution in [3.63, 3.8) is 0 Å². The lowest BCUT2D eigenvalue weighted by molar-refractivity contribution is 0.0944. The third-order valence-electron chi connectivity index (χ3n) is 3.90. The van der Waals surface area contributed by atoms with Crippen LogP contribution >= 0.6 is 0 Å². The summed E-state index contributed by atoms with van der Waals surface area (Å²) in [4.78, 5) is 0. The van der Waals surface area contributed by atoms with Crippen LogP contribution in [0.3, 0.4) is 0 Å². The molecule has 2 fully saturated rings. The standard InChI is InChI=1S/C12H20N4O3S/c1-2-6-20(17,18)15-7-10(8-15)16-9-13-14-12(16)11-4-3-5-19-11/h9-11H,2-8H2,1H3. The maximum absolute atomic E-state index is 11.9. The Hall–Kier alpha value is -0.990. The smallest absolute Gasteiger partial charge is 0.214 e. The van der Waals surface area contributed by atoms with Crippen molar-refractivity contribution in [2.75, 3.05) is 25.4 Å². The number of rotatable bonds is 5. The van der Waals surface area contributed by atoms with E-state index in [-0.39, 0.29) is 17.9 Å². The molecule has 8 heteroatoms. The van der Waals surface area contributed by atoms with Crippen LogP contribution in [0.1, 0.15) is 44.2 Å². The Morgan fingerprint density at radius 1 is 1.45 bits per heavy atom. The molecule has 0 spiro atoms. The molecule has 1 aromatic heterocycles. The predicted octanol–water partition coefficient (Wildman–Crippen LogP) is 0.726. The first-order valence-electron chi connectivity index (χ1n) is 7.10. The lowest BCUT2D eigenvalue weighted by atomic mass is 10.1. The van der Waals surface area contributed by atoms with E-state index in [0.717, 1.165) is 25.3 Å². The third-order valence-corrected chi connectivity index (χ3v) is 5.91. The quantitative estimate of drug-likeness (QED) is 0.801. The Morgan fingerprint density at radius 3 is 2.90 bits per heavy atom. The minimum absolute atomic E-state index is 0.0128. The number of sulfonamides is 1. The summed E-state index contributed by atoms with van der Waals surface area (Å²) in [7, 11) is -3.08. The molecule has 3 rings (SSSR count). The molecule has 0 N–H and O–H groups in total. The lowest BCUT2D eigenvalue weighted by Crippen LogP contribution is -2.51. The average Bonchev–Trinajstić information content (AvgIpc) is 2.94. The minimum Gasteiger partial charge on any atom is -0.370 e. The van der Waals surface area contributed by atoms with Crippen molar-refractivity contribution in [2.24, 2.45) is 0 Å². The number of hydrogen-bond donors (Lipinski definition) is 0. The molecule has 20 heavy (non-hydrogen) atoms. The van der Waals surface area contributed by atoms with Gasteiger partial charge in [-0.15, -0.1) is 10.2 Å². The highest BCUT2D eigenvalue weighted by Gasteiger charge is 2.38. The van der Waals surface area contributed by atoms with Crippen LogP contribution in [0.4, 0.5) is 0 Å². The average molecular weight is 300 g/mol. The fraction of sp³-hybridized carbons (Fsp3) is 0.833. The number of ether oxygens (including phenoxy) is 1. The van der Waals surface area contributed by atoms with Gasteiger partial charge in [0.05, 0.1) is 11.8 Å². The SMILES string of the molecule is CCCS(=O)(=O)N1CC(n2cnnc2C2CCCO2)C1. The first-order valence-corrected chi connectivity index (χ1v) is 8.71. The topological polar surface area (TPSA) is 77.3 Å². The van der Waals surface area contributed by atoms with Crippen LogP contribution < -0.4 is 0 Å². The molecule has 7 nitrogen and oxygen atoms in total. The van der Waals surface area contributed by atoms with Crippen LogP contribution in [0.25, 0.3) is 0 Å². The molecule has 112 valence electrons. The Kier molecular flexibility index (Phi) is 3.78. The zero-order chi connectivity index (χ0) is 14.2. The van der Waals surface area contributed by atoms with Crippen molar-refractivity contribution in [3.8, 4) is 0 Å². The molecule has 2 saturated heterocycles. The lowest BCUT2D eigenvalue weighted by Gasteiger charge is -2.39. The third kappa shape index (κ3) is 2.47. The van der Waals surface area contributed by atoms with Gasteiger partial charge in [-0.25, -0.2) is 8.42 Å². The summed E-state index contributed by atoms with van der Waals surface area (Å²) in [5, 5.41) is 8.10. The van der Waals surface area contributed by atoms with Gasteiger partial charge in [-0.05, 0) is 19.3 Å². The highest BCUT2D eigenvalue weighted by molar-refractivity contribution is 7.89. The van der Waals surface area contributed by atoms with Crippen LogP contribution in [-0.4, -0.2) is 52.9 Å². The largest absolute Gasteiger partial charge is 0.370 e. The van der Waals surface area contributed by atoms with E-state index in [0.29, 0.717) is 19.5 Å². The van der Waals surface area contributed by atoms with Gasteiger partial charge >= 0.3 is 0 Å². The zero-order valence-electron chi connectivity index (χ0n) is 11.6. The highest BCUT2D eigenvalue weighted by Crippen LogP contribution is 2.31. The monoisotopic (exact) mass is 300 g/mol. The zero-order valence-corrected chi connectivity index (χ0v) is 12.4. The van der Waals surface area contributed by atoms with Crippen LogP contribution in [0.2, 0.25) is 0 Å². The van der Waals surface area contributed by atoms with Gasteiger partial charge in [-0.2, -0.15) is 4.31 Å². The fourth-order valence-corrected chi connectivity index (χ4v) is 4.32. The minimum atomic E-state index is -3.08. The van der Waals surface area contributed by atoms with Crippen LogP contribution in [0.15, 0.2) is 6.33 Å². The Balaban J connectivity index is 1.67. The van der Waals surface area contributed by atoms with Gasteiger partial charge in [-0.1, -0.05) is 6.92 Å². The fourth-order valence-electron chi connectivity index (χ4n) is 2.75. The van der Waals surface area contributed by atoms with Crippen molar-refractivity contribution in [2.45, 2.75) is 38.3 Å². The van der Waals surface area contributed by atoms with Crippen molar-refractivity contribution < 1.29 is 13.2 Å². The number of aromatic nitrogens is 3. The Bertz CT molecular complexity index is 559. The van der Waals surface area contributed by atoms with Crippen LogP contribution in [0.5, 0.6) is 0 Å². The number of hydrogen-bond acceptors (Lipinski definition) is 5. The van der Waals surface area contributed by atoms with Crippen LogP contribution in [0, 0.1) is 0 Å². The molecule has 0 saturated carbocycles. The molecule has 2 aliphatic rings. The molecule has 0 radical (unpaired) electrons. The molecule has 0 aliphatic carbocycles. The normalized spacial score (nSPS) is 24.9. The number of nitrogens with zero attached hydrogens (tertiary/aromatic N) is 4. The van der Waals surface area contributed by atoms with Gasteiger partial charge in [0.25, 0.3) is 0 Å². The second-order valence-corrected chi connectivity index (χ2v) is 7.47. The molecular weight excluding hydrogens is 280 g/mol. The van der Waals surface area contributed by atoms with Crippen molar-refractivity contribution in [3.05, 3.63) is 12.2 Å². The van der Waals surface area contributed by atoms with Gasteiger partial charge in [0.2, 0.25) is 10.0 Å². The summed E-state index contributed by atoms with van der Waals surface area (Å²) in [5.41, 5.74) is 0. The summed E-state index contributed by atoms with van der Waals surface area (Å²) in [6.45, 7) is 3.67. The van der Waals surface area contributed by atoms with Gasteiger partial charge in [-0.3, -0.25) is 0 Å². The molecule has 2 aliphatic heterocycles. The maximum Gasteiger partial charge on any atom is 0.214 e. The molecule has 1 atom stereocenters. The summed E-state index contributed by atoms with van der Waals surface area (Å²) >= 11 is 0. The Morgan fingerprint density at radius 2 is 2.25 bits per heavy atom. The van der Waals surface area contributed by atoms with Gasteiger partial charge in [0, 0.05) is 19.7 Å². The second kappa shape index (κ2) is 5.42. The van der Waals surface area contributed by atoms with Crippen LogP contribution in [-0.2, 0) is 14.8 Å². The summed E-state index contributed by atoms with van der Waals surface area (Å²) < 4.78 is 33.0. The van der Waals surface area contributed by atoms with E-state index in [4.69, 9.17) is 4.74 Å². The van der Waals surface area contributed by atoms with Crippen molar-refractivity contribution in [1.82, 2.24) is 19.1 Å². The van der Waals surface area contributed by atoms with E-state index in [1.807, 2.05) is 11.5 Å². The summed E-state index contributed by atoms with van der Waals surface area (Å²) in [6, 6.07) is 0.135. The Labute approximate surface area is 119 Å². The van der Waals surface area contributed by atoms with E-state index in [2.05, 4.69) is 10.2 Å². The molecule has 3 heterocycles. The van der Waals surface area contributed by atoms with E-state index in [1.165, 1.54) is 0 Å². The van der Waals surface area contributed by atoms with E-state index < -0.39 is 10.0 Å². The molecule has 0 amide bonds. The molecule has 0 aromatic carbocycles. The highest BCUT2D eigenvalue weighted by atomic mass is 32.2. The molecular formula is C12H20N4O3S. The van der Waals surface area contributed by atoms with Crippen molar-refractivity contribution >= 4 is 10.0 Å². The van der Waals surface area contributed by atoms with E-state index in [1.54, 1.807) is 10.6 Å². The van der Waals surface area contributed by atoms with Gasteiger partial charge in [0.1, 0.15) is 12.4 Å². The molecule has 1 unspecified atom stereocenters. The molecule has 0 bridgehead atoms. The predicted molar refractivity (Wildman–Crippen MR) is 72.6 cm³/mol. The summed E-state index contributed by atoms with van der Waals surface area (Å²) in [6.07, 6.45) is 4.35. The van der Waals surface area contributed by atoms with E-state index in [9.17, 15) is 8.42 Å². The second-order valence-electron chi connectivity index (χ2n) is 5.38. The van der Waals surface area contributed by atoms with Crippen molar-refractivity contribution in [1.29, 1.82) is 0 Å². The first-order chi connectivity index (χ1) is 9.62. The van der Waals surface area contributed by atoms with Gasteiger partial charge in [0.15, 0.2) is 5.82 Å². The summed E-state index contributed by atoms with van der Waals surface area (Å²) in [5.74, 6) is 1.06. The van der Waals surface area contributed by atoms with Gasteiger partial charge < -0.3 is 9.30 Å². The first kappa shape index (κ1) is 14.0. The maximum atomic E-state index is 11.9. The van der Waals surface area contributed by atoms with E-state index >= 15 is 0 Å². The molecule has 1 aromatic rings.